The highest BCUT2D eigenvalue weighted by Crippen LogP contribution is 2.57. The summed E-state index contributed by atoms with van der Waals surface area (Å²) in [7, 11) is 0. The minimum Gasteiger partial charge on any atom is -0.0801 e. The van der Waals surface area contributed by atoms with Crippen molar-refractivity contribution in [2.75, 3.05) is 0 Å². The maximum Gasteiger partial charge on any atom is 0.0526 e. The van der Waals surface area contributed by atoms with Crippen LogP contribution in [0, 0.1) is 9.49 Å². The monoisotopic (exact) mass is 460 g/mol. The first kappa shape index (κ1) is 17.0. The standard InChI is InChI=1S/C26H21I/c1-18-9-3-2-4-10-19-11-5-7-13-23(19)26(18)24-14-8-6-12-21(24)22-16-15-20(27)17-25(22)26/h2-9,11-18H,10H2,1H3/b4-2-,9-3-. The molecular weight excluding hydrogens is 439 g/mol. The maximum absolute atomic E-state index is 2.45. The Balaban J connectivity index is 1.96. The molecule has 2 aliphatic rings. The Morgan fingerprint density at radius 1 is 0.815 bits per heavy atom. The van der Waals surface area contributed by atoms with Gasteiger partial charge in [0.2, 0.25) is 0 Å². The van der Waals surface area contributed by atoms with E-state index in [-0.39, 0.29) is 5.41 Å². The van der Waals surface area contributed by atoms with Gasteiger partial charge < -0.3 is 0 Å². The number of benzene rings is 3. The van der Waals surface area contributed by atoms with Gasteiger partial charge in [0, 0.05) is 3.57 Å². The zero-order chi connectivity index (χ0) is 18.4. The van der Waals surface area contributed by atoms with Crippen LogP contribution in [-0.2, 0) is 11.8 Å². The van der Waals surface area contributed by atoms with Crippen molar-refractivity contribution >= 4 is 22.6 Å². The predicted octanol–water partition coefficient (Wildman–Crippen LogP) is 6.91. The third kappa shape index (κ3) is 2.41. The van der Waals surface area contributed by atoms with Gasteiger partial charge in [-0.2, -0.15) is 0 Å². The first-order chi connectivity index (χ1) is 13.2. The summed E-state index contributed by atoms with van der Waals surface area (Å²) in [6.45, 7) is 2.37. The number of hydrogen-bond acceptors (Lipinski definition) is 0. The van der Waals surface area contributed by atoms with Crippen molar-refractivity contribution < 1.29 is 0 Å². The Hall–Kier alpha value is -2.13. The van der Waals surface area contributed by atoms with Crippen molar-refractivity contribution in [3.63, 3.8) is 0 Å². The van der Waals surface area contributed by atoms with Gasteiger partial charge in [-0.25, -0.2) is 0 Å². The van der Waals surface area contributed by atoms with Crippen molar-refractivity contribution in [3.8, 4) is 11.1 Å². The molecule has 5 rings (SSSR count). The van der Waals surface area contributed by atoms with Gasteiger partial charge in [0.1, 0.15) is 0 Å². The van der Waals surface area contributed by atoms with Gasteiger partial charge >= 0.3 is 0 Å². The van der Waals surface area contributed by atoms with Crippen LogP contribution in [0.4, 0.5) is 0 Å². The zero-order valence-electron chi connectivity index (χ0n) is 15.3. The van der Waals surface area contributed by atoms with Crippen molar-refractivity contribution in [1.82, 2.24) is 0 Å². The fourth-order valence-corrected chi connectivity index (χ4v) is 5.53. The van der Waals surface area contributed by atoms with Crippen LogP contribution in [0.25, 0.3) is 11.1 Å². The maximum atomic E-state index is 2.45. The van der Waals surface area contributed by atoms with E-state index in [1.54, 1.807) is 0 Å². The van der Waals surface area contributed by atoms with E-state index in [9.17, 15) is 0 Å². The number of allylic oxidation sites excluding steroid dienone is 4. The number of fused-ring (bicyclic) bond motifs is 7. The molecule has 1 spiro atoms. The van der Waals surface area contributed by atoms with Crippen LogP contribution in [0.2, 0.25) is 0 Å². The highest BCUT2D eigenvalue weighted by atomic mass is 127. The van der Waals surface area contributed by atoms with E-state index in [2.05, 4.69) is 121 Å². The topological polar surface area (TPSA) is 0 Å². The lowest BCUT2D eigenvalue weighted by atomic mass is 9.63. The summed E-state index contributed by atoms with van der Waals surface area (Å²) in [5, 5.41) is 0. The van der Waals surface area contributed by atoms with Crippen LogP contribution >= 0.6 is 22.6 Å². The molecule has 0 bridgehead atoms. The Bertz CT molecular complexity index is 1090. The summed E-state index contributed by atoms with van der Waals surface area (Å²) in [5.74, 6) is 0.349. The number of rotatable bonds is 0. The molecule has 27 heavy (non-hydrogen) atoms. The molecule has 2 atom stereocenters. The summed E-state index contributed by atoms with van der Waals surface area (Å²) >= 11 is 2.45. The average Bonchev–Trinajstić information content (AvgIpc) is 3.01. The van der Waals surface area contributed by atoms with E-state index in [1.165, 1.54) is 37.0 Å². The second kappa shape index (κ2) is 6.49. The molecule has 0 fully saturated rings. The van der Waals surface area contributed by atoms with Crippen LogP contribution in [0.15, 0.2) is 91.0 Å². The highest BCUT2D eigenvalue weighted by molar-refractivity contribution is 14.1. The van der Waals surface area contributed by atoms with Crippen LogP contribution in [-0.4, -0.2) is 0 Å². The van der Waals surface area contributed by atoms with E-state index >= 15 is 0 Å². The molecular formula is C26H21I. The minimum absolute atomic E-state index is 0.147. The fraction of sp³-hybridized carbons (Fsp3) is 0.154. The molecule has 0 saturated carbocycles. The molecule has 0 heterocycles. The first-order valence-corrected chi connectivity index (χ1v) is 10.6. The summed E-state index contributed by atoms with van der Waals surface area (Å²) in [6, 6.07) is 25.0. The Morgan fingerprint density at radius 2 is 1.56 bits per heavy atom. The number of hydrogen-bond donors (Lipinski definition) is 0. The van der Waals surface area contributed by atoms with Crippen molar-refractivity contribution in [1.29, 1.82) is 0 Å². The molecule has 2 unspecified atom stereocenters. The van der Waals surface area contributed by atoms with Crippen LogP contribution < -0.4 is 0 Å². The summed E-state index contributed by atoms with van der Waals surface area (Å²) in [6.07, 6.45) is 10.0. The van der Waals surface area contributed by atoms with E-state index in [0.717, 1.165) is 6.42 Å². The highest BCUT2D eigenvalue weighted by Gasteiger charge is 2.48. The molecule has 132 valence electrons. The first-order valence-electron chi connectivity index (χ1n) is 9.54. The number of halogens is 1. The third-order valence-electron chi connectivity index (χ3n) is 6.16. The van der Waals surface area contributed by atoms with Crippen molar-refractivity contribution in [2.45, 2.75) is 18.8 Å². The molecule has 0 aliphatic heterocycles. The Morgan fingerprint density at radius 3 is 2.44 bits per heavy atom. The van der Waals surface area contributed by atoms with Crippen LogP contribution in [0.1, 0.15) is 29.2 Å². The van der Waals surface area contributed by atoms with E-state index in [4.69, 9.17) is 0 Å². The lowest BCUT2D eigenvalue weighted by Crippen LogP contribution is -2.34. The normalized spacial score (nSPS) is 24.9. The second-order valence-corrected chi connectivity index (χ2v) is 8.75. The molecule has 0 N–H and O–H groups in total. The van der Waals surface area contributed by atoms with Gasteiger partial charge in [0.25, 0.3) is 0 Å². The SMILES string of the molecule is CC1/C=C\C=C/Cc2ccccc2C12c1ccccc1-c1ccc(I)cc12. The molecule has 3 aromatic rings. The smallest absolute Gasteiger partial charge is 0.0526 e. The van der Waals surface area contributed by atoms with Gasteiger partial charge in [-0.15, -0.1) is 0 Å². The Kier molecular flexibility index (Phi) is 4.08. The second-order valence-electron chi connectivity index (χ2n) is 7.51. The Labute approximate surface area is 174 Å². The van der Waals surface area contributed by atoms with Crippen molar-refractivity contribution in [3.05, 3.63) is 117 Å². The lowest BCUT2D eigenvalue weighted by Gasteiger charge is -2.38. The minimum atomic E-state index is -0.147. The molecule has 0 aromatic heterocycles. The van der Waals surface area contributed by atoms with E-state index < -0.39 is 0 Å². The van der Waals surface area contributed by atoms with Gasteiger partial charge in [0.05, 0.1) is 5.41 Å². The quantitative estimate of drug-likeness (QED) is 0.320. The van der Waals surface area contributed by atoms with E-state index in [0.29, 0.717) is 5.92 Å². The lowest BCUT2D eigenvalue weighted by molar-refractivity contribution is 0.489. The molecule has 0 radical (unpaired) electrons. The van der Waals surface area contributed by atoms with Crippen molar-refractivity contribution in [2.24, 2.45) is 5.92 Å². The molecule has 2 aliphatic carbocycles. The van der Waals surface area contributed by atoms with Gasteiger partial charge in [0.15, 0.2) is 0 Å². The zero-order valence-corrected chi connectivity index (χ0v) is 17.5. The molecule has 0 saturated heterocycles. The summed E-state index contributed by atoms with van der Waals surface area (Å²) in [4.78, 5) is 0. The van der Waals surface area contributed by atoms with Gasteiger partial charge in [-0.3, -0.25) is 0 Å². The van der Waals surface area contributed by atoms with E-state index in [1.807, 2.05) is 0 Å². The largest absolute Gasteiger partial charge is 0.0801 e. The summed E-state index contributed by atoms with van der Waals surface area (Å²) < 4.78 is 1.30. The molecule has 3 aromatic carbocycles. The predicted molar refractivity (Wildman–Crippen MR) is 122 cm³/mol. The molecule has 0 amide bonds. The summed E-state index contributed by atoms with van der Waals surface area (Å²) in [5.41, 5.74) is 8.37. The van der Waals surface area contributed by atoms with Gasteiger partial charge in [-0.05, 0) is 80.4 Å². The van der Waals surface area contributed by atoms with Gasteiger partial charge in [-0.1, -0.05) is 85.8 Å². The molecule has 1 heteroatoms. The molecule has 0 nitrogen and oxygen atoms in total. The van der Waals surface area contributed by atoms with Crippen LogP contribution in [0.3, 0.4) is 0 Å². The fourth-order valence-electron chi connectivity index (χ4n) is 5.04. The average molecular weight is 460 g/mol. The third-order valence-corrected chi connectivity index (χ3v) is 6.83. The van der Waals surface area contributed by atoms with Crippen LogP contribution in [0.5, 0.6) is 0 Å².